The number of alkyl halides is 3. The third kappa shape index (κ3) is 3.90. The Bertz CT molecular complexity index is 975. The molecule has 0 aliphatic rings. The van der Waals surface area contributed by atoms with E-state index in [0.29, 0.717) is 34.0 Å². The Morgan fingerprint density at radius 3 is 2.65 bits per heavy atom. The number of allylic oxidation sites excluding steroid dienone is 2. The number of fused-ring (bicyclic) bond motifs is 1. The molecule has 0 saturated carbocycles. The van der Waals surface area contributed by atoms with Gasteiger partial charge in [-0.15, -0.1) is 0 Å². The van der Waals surface area contributed by atoms with E-state index in [4.69, 9.17) is 16.0 Å². The van der Waals surface area contributed by atoms with Crippen molar-refractivity contribution in [3.63, 3.8) is 0 Å². The maximum Gasteiger partial charge on any atom is 0.419 e. The lowest BCUT2D eigenvalue weighted by atomic mass is 10.0. The molecule has 0 aliphatic heterocycles. The molecule has 3 aromatic rings. The summed E-state index contributed by atoms with van der Waals surface area (Å²) in [6.45, 7) is 1.89. The van der Waals surface area contributed by atoms with Crippen molar-refractivity contribution in [1.82, 2.24) is 4.98 Å². The number of oxazole rings is 1. The van der Waals surface area contributed by atoms with Gasteiger partial charge in [-0.3, -0.25) is 0 Å². The Kier molecular flexibility index (Phi) is 5.05. The van der Waals surface area contributed by atoms with E-state index in [1.54, 1.807) is 24.3 Å². The van der Waals surface area contributed by atoms with Crippen LogP contribution in [0.25, 0.3) is 16.7 Å². The molecule has 0 fully saturated rings. The van der Waals surface area contributed by atoms with E-state index in [1.807, 2.05) is 6.92 Å². The zero-order valence-electron chi connectivity index (χ0n) is 13.7. The van der Waals surface area contributed by atoms with Crippen molar-refractivity contribution in [2.75, 3.05) is 0 Å². The second-order valence-corrected chi connectivity index (χ2v) is 6.17. The van der Waals surface area contributed by atoms with Crippen molar-refractivity contribution >= 4 is 28.3 Å². The largest absolute Gasteiger partial charge is 0.436 e. The molecule has 0 bridgehead atoms. The zero-order chi connectivity index (χ0) is 18.9. The molecule has 0 aliphatic carbocycles. The van der Waals surface area contributed by atoms with E-state index in [2.05, 4.69) is 4.98 Å². The molecule has 136 valence electrons. The highest BCUT2D eigenvalue weighted by atomic mass is 35.5. The number of halogens is 5. The molecule has 7 heteroatoms. The number of nitrogens with zero attached hydrogens (tertiary/aromatic N) is 1. The minimum atomic E-state index is -4.73. The summed E-state index contributed by atoms with van der Waals surface area (Å²) in [5, 5.41) is 0.533. The van der Waals surface area contributed by atoms with Gasteiger partial charge in [0.1, 0.15) is 11.3 Å². The first-order valence-electron chi connectivity index (χ1n) is 7.89. The van der Waals surface area contributed by atoms with Gasteiger partial charge < -0.3 is 4.42 Å². The van der Waals surface area contributed by atoms with Crippen LogP contribution < -0.4 is 0 Å². The smallest absolute Gasteiger partial charge is 0.419 e. The topological polar surface area (TPSA) is 26.0 Å². The lowest BCUT2D eigenvalue weighted by Crippen LogP contribution is -2.08. The van der Waals surface area contributed by atoms with Crippen LogP contribution in [0, 0.1) is 5.82 Å². The predicted octanol–water partition coefficient (Wildman–Crippen LogP) is 6.68. The van der Waals surface area contributed by atoms with E-state index in [9.17, 15) is 17.6 Å². The minimum Gasteiger partial charge on any atom is -0.436 e. The second kappa shape index (κ2) is 7.11. The summed E-state index contributed by atoms with van der Waals surface area (Å²) in [4.78, 5) is 4.37. The van der Waals surface area contributed by atoms with Crippen LogP contribution in [0.1, 0.15) is 30.4 Å². The van der Waals surface area contributed by atoms with Crippen molar-refractivity contribution in [2.45, 2.75) is 25.9 Å². The molecule has 0 amide bonds. The summed E-state index contributed by atoms with van der Waals surface area (Å²) in [6, 6.07) is 8.05. The SMILES string of the molecule is CC/C(=C\Cc1ccc(F)c(C(F)(F)F)c1)c1nc2cc(Cl)ccc2o1. The fourth-order valence-corrected chi connectivity index (χ4v) is 2.74. The lowest BCUT2D eigenvalue weighted by Gasteiger charge is -2.09. The summed E-state index contributed by atoms with van der Waals surface area (Å²) in [6.07, 6.45) is -2.21. The summed E-state index contributed by atoms with van der Waals surface area (Å²) < 4.78 is 57.5. The lowest BCUT2D eigenvalue weighted by molar-refractivity contribution is -0.140. The van der Waals surface area contributed by atoms with Gasteiger partial charge in [-0.1, -0.05) is 30.7 Å². The Balaban J connectivity index is 1.90. The quantitative estimate of drug-likeness (QED) is 0.470. The number of hydrogen-bond donors (Lipinski definition) is 0. The standard InChI is InChI=1S/C19H14ClF4NO/c1-2-12(18-25-16-10-13(20)6-8-17(16)26-18)5-3-11-4-7-15(21)14(9-11)19(22,23)24/h4-10H,2-3H2,1H3/b12-5+. The van der Waals surface area contributed by atoms with Gasteiger partial charge in [0.25, 0.3) is 0 Å². The summed E-state index contributed by atoms with van der Waals surface area (Å²) >= 11 is 5.93. The highest BCUT2D eigenvalue weighted by Gasteiger charge is 2.34. The molecule has 0 radical (unpaired) electrons. The molecule has 0 saturated heterocycles. The third-order valence-corrected chi connectivity index (χ3v) is 4.16. The van der Waals surface area contributed by atoms with Gasteiger partial charge in [-0.2, -0.15) is 13.2 Å². The minimum absolute atomic E-state index is 0.200. The van der Waals surface area contributed by atoms with E-state index in [-0.39, 0.29) is 6.42 Å². The van der Waals surface area contributed by atoms with Gasteiger partial charge in [0.15, 0.2) is 5.58 Å². The highest BCUT2D eigenvalue weighted by Crippen LogP contribution is 2.32. The van der Waals surface area contributed by atoms with Gasteiger partial charge in [0.05, 0.1) is 5.56 Å². The maximum atomic E-state index is 13.4. The Morgan fingerprint density at radius 2 is 1.96 bits per heavy atom. The van der Waals surface area contributed by atoms with Crippen LogP contribution in [0.15, 0.2) is 46.9 Å². The van der Waals surface area contributed by atoms with Crippen molar-refractivity contribution in [1.29, 1.82) is 0 Å². The average molecular weight is 384 g/mol. The van der Waals surface area contributed by atoms with Crippen LogP contribution in [0.2, 0.25) is 5.02 Å². The Morgan fingerprint density at radius 1 is 1.19 bits per heavy atom. The zero-order valence-corrected chi connectivity index (χ0v) is 14.5. The molecule has 2 nitrogen and oxygen atoms in total. The van der Waals surface area contributed by atoms with E-state index >= 15 is 0 Å². The van der Waals surface area contributed by atoms with Crippen molar-refractivity contribution in [3.05, 3.63) is 70.3 Å². The second-order valence-electron chi connectivity index (χ2n) is 5.73. The Labute approximate surface area is 152 Å². The van der Waals surface area contributed by atoms with E-state index in [1.165, 1.54) is 6.07 Å². The molecule has 26 heavy (non-hydrogen) atoms. The predicted molar refractivity (Wildman–Crippen MR) is 92.4 cm³/mol. The molecule has 1 heterocycles. The normalized spacial score (nSPS) is 12.8. The number of hydrogen-bond acceptors (Lipinski definition) is 2. The third-order valence-electron chi connectivity index (χ3n) is 3.93. The van der Waals surface area contributed by atoms with Crippen molar-refractivity contribution in [2.24, 2.45) is 0 Å². The molecular formula is C19H14ClF4NO. The molecule has 2 aromatic carbocycles. The molecule has 0 atom stereocenters. The molecule has 3 rings (SSSR count). The number of aromatic nitrogens is 1. The fraction of sp³-hybridized carbons (Fsp3) is 0.211. The van der Waals surface area contributed by atoms with Gasteiger partial charge >= 0.3 is 6.18 Å². The monoisotopic (exact) mass is 383 g/mol. The first kappa shape index (κ1) is 18.5. The first-order chi connectivity index (χ1) is 12.3. The molecule has 0 spiro atoms. The fourth-order valence-electron chi connectivity index (χ4n) is 2.58. The molecular weight excluding hydrogens is 370 g/mol. The van der Waals surface area contributed by atoms with E-state index in [0.717, 1.165) is 17.7 Å². The van der Waals surface area contributed by atoms with Crippen LogP contribution >= 0.6 is 11.6 Å². The van der Waals surface area contributed by atoms with Gasteiger partial charge in [-0.25, -0.2) is 9.37 Å². The molecule has 0 N–H and O–H groups in total. The van der Waals surface area contributed by atoms with Crippen LogP contribution in [0.4, 0.5) is 17.6 Å². The first-order valence-corrected chi connectivity index (χ1v) is 8.27. The van der Waals surface area contributed by atoms with Crippen LogP contribution in [0.3, 0.4) is 0 Å². The molecule has 0 unspecified atom stereocenters. The summed E-state index contributed by atoms with van der Waals surface area (Å²) in [5.74, 6) is -0.889. The number of rotatable bonds is 4. The number of benzene rings is 2. The van der Waals surface area contributed by atoms with Crippen molar-refractivity contribution < 1.29 is 22.0 Å². The van der Waals surface area contributed by atoms with Gasteiger partial charge in [0.2, 0.25) is 5.89 Å². The van der Waals surface area contributed by atoms with Crippen molar-refractivity contribution in [3.8, 4) is 0 Å². The van der Waals surface area contributed by atoms with E-state index < -0.39 is 17.6 Å². The summed E-state index contributed by atoms with van der Waals surface area (Å²) in [7, 11) is 0. The van der Waals surface area contributed by atoms with Crippen LogP contribution in [-0.4, -0.2) is 4.98 Å². The van der Waals surface area contributed by atoms with Gasteiger partial charge in [-0.05, 0) is 48.7 Å². The average Bonchev–Trinajstić information content (AvgIpc) is 2.98. The molecule has 1 aromatic heterocycles. The summed E-state index contributed by atoms with van der Waals surface area (Å²) in [5.41, 5.74) is 1.01. The van der Waals surface area contributed by atoms with Crippen LogP contribution in [-0.2, 0) is 12.6 Å². The highest BCUT2D eigenvalue weighted by molar-refractivity contribution is 6.31. The van der Waals surface area contributed by atoms with Gasteiger partial charge in [0, 0.05) is 10.6 Å². The Hall–Kier alpha value is -2.34. The van der Waals surface area contributed by atoms with Crippen LogP contribution in [0.5, 0.6) is 0 Å². The maximum absolute atomic E-state index is 13.4.